The molecule has 0 radical (unpaired) electrons. The van der Waals surface area contributed by atoms with Gasteiger partial charge >= 0.3 is 6.09 Å². The molecule has 0 aromatic carbocycles. The fraction of sp³-hybridized carbons (Fsp3) is 0.500. The van der Waals surface area contributed by atoms with Crippen LogP contribution in [0.25, 0.3) is 0 Å². The summed E-state index contributed by atoms with van der Waals surface area (Å²) in [4.78, 5) is 11.1. The van der Waals surface area contributed by atoms with Crippen LogP contribution in [0.3, 0.4) is 0 Å². The Morgan fingerprint density at radius 3 is 2.85 bits per heavy atom. The molecule has 1 heterocycles. The van der Waals surface area contributed by atoms with E-state index in [1.54, 1.807) is 38.0 Å². The first-order valence-corrected chi connectivity index (χ1v) is 4.04. The molecule has 0 fully saturated rings. The van der Waals surface area contributed by atoms with Gasteiger partial charge in [0.1, 0.15) is 0 Å². The van der Waals surface area contributed by atoms with Crippen LogP contribution in [0.5, 0.6) is 0 Å². The summed E-state index contributed by atoms with van der Waals surface area (Å²) in [6.07, 6.45) is 2.68. The molecule has 0 aliphatic heterocycles. The Hall–Kier alpha value is -1.52. The maximum Gasteiger partial charge on any atom is 0.411 e. The van der Waals surface area contributed by atoms with Gasteiger partial charge in [0.15, 0.2) is 0 Å². The van der Waals surface area contributed by atoms with E-state index < -0.39 is 6.09 Å². The van der Waals surface area contributed by atoms with Gasteiger partial charge in [0.25, 0.3) is 0 Å². The molecule has 1 amide bonds. The highest BCUT2D eigenvalue weighted by atomic mass is 16.6. The van der Waals surface area contributed by atoms with Crippen LogP contribution in [0, 0.1) is 0 Å². The fourth-order valence-corrected chi connectivity index (χ4v) is 0.847. The average Bonchev–Trinajstić information content (AvgIpc) is 2.33. The normalized spacial score (nSPS) is 10.2. The zero-order valence-corrected chi connectivity index (χ0v) is 7.94. The summed E-state index contributed by atoms with van der Waals surface area (Å²) >= 11 is 0. The Morgan fingerprint density at radius 2 is 2.38 bits per heavy atom. The van der Waals surface area contributed by atoms with Crippen molar-refractivity contribution in [3.63, 3.8) is 0 Å². The van der Waals surface area contributed by atoms with E-state index in [2.05, 4.69) is 10.4 Å². The van der Waals surface area contributed by atoms with E-state index in [-0.39, 0.29) is 6.10 Å². The van der Waals surface area contributed by atoms with Gasteiger partial charge in [0.2, 0.25) is 0 Å². The summed E-state index contributed by atoms with van der Waals surface area (Å²) in [5, 5.41) is 6.44. The molecule has 1 rings (SSSR count). The minimum absolute atomic E-state index is 0.114. The number of nitrogens with one attached hydrogen (secondary N) is 1. The number of carbonyl (C=O) groups is 1. The molecule has 13 heavy (non-hydrogen) atoms. The van der Waals surface area contributed by atoms with Crippen molar-refractivity contribution in [1.29, 1.82) is 0 Å². The molecule has 0 aliphatic carbocycles. The molecule has 0 unspecified atom stereocenters. The van der Waals surface area contributed by atoms with E-state index in [1.165, 1.54) is 0 Å². The van der Waals surface area contributed by atoms with E-state index in [0.717, 1.165) is 0 Å². The maximum absolute atomic E-state index is 11.1. The smallest absolute Gasteiger partial charge is 0.411 e. The molecule has 1 aromatic heterocycles. The molecule has 1 N–H and O–H groups in total. The molecule has 72 valence electrons. The number of ether oxygens (including phenoxy) is 1. The molecule has 0 bridgehead atoms. The third-order valence-corrected chi connectivity index (χ3v) is 1.29. The molecule has 0 saturated heterocycles. The number of rotatable bonds is 2. The number of carbonyl (C=O) groups excluding carboxylic acids is 1. The van der Waals surface area contributed by atoms with Crippen LogP contribution in [0.4, 0.5) is 10.5 Å². The Kier molecular flexibility index (Phi) is 2.89. The summed E-state index contributed by atoms with van der Waals surface area (Å²) < 4.78 is 6.48. The Morgan fingerprint density at radius 1 is 1.69 bits per heavy atom. The van der Waals surface area contributed by atoms with Crippen LogP contribution >= 0.6 is 0 Å². The van der Waals surface area contributed by atoms with Crippen LogP contribution in [0.1, 0.15) is 13.8 Å². The topological polar surface area (TPSA) is 56.1 Å². The first-order valence-electron chi connectivity index (χ1n) is 4.04. The molecule has 0 saturated carbocycles. The first-order chi connectivity index (χ1) is 6.08. The monoisotopic (exact) mass is 183 g/mol. The quantitative estimate of drug-likeness (QED) is 0.753. The van der Waals surface area contributed by atoms with Crippen molar-refractivity contribution in [1.82, 2.24) is 9.78 Å². The molecule has 5 heteroatoms. The van der Waals surface area contributed by atoms with Crippen molar-refractivity contribution >= 4 is 11.8 Å². The summed E-state index contributed by atoms with van der Waals surface area (Å²) in [7, 11) is 1.78. The van der Waals surface area contributed by atoms with Gasteiger partial charge in [-0.1, -0.05) is 0 Å². The van der Waals surface area contributed by atoms with E-state index in [9.17, 15) is 4.79 Å². The molecule has 0 atom stereocenters. The second-order valence-electron chi connectivity index (χ2n) is 2.98. The van der Waals surface area contributed by atoms with E-state index >= 15 is 0 Å². The lowest BCUT2D eigenvalue weighted by atomic mass is 10.5. The number of aromatic nitrogens is 2. The zero-order valence-electron chi connectivity index (χ0n) is 7.94. The van der Waals surface area contributed by atoms with Crippen molar-refractivity contribution < 1.29 is 9.53 Å². The van der Waals surface area contributed by atoms with Gasteiger partial charge in [0, 0.05) is 13.2 Å². The Labute approximate surface area is 76.7 Å². The van der Waals surface area contributed by atoms with Crippen molar-refractivity contribution in [3.05, 3.63) is 12.4 Å². The van der Waals surface area contributed by atoms with E-state index in [4.69, 9.17) is 4.74 Å². The predicted octanol–water partition coefficient (Wildman–Crippen LogP) is 1.38. The van der Waals surface area contributed by atoms with Crippen LogP contribution in [0.15, 0.2) is 12.4 Å². The molecular formula is C8H13N3O2. The lowest BCUT2D eigenvalue weighted by Gasteiger charge is -2.07. The summed E-state index contributed by atoms with van der Waals surface area (Å²) in [6.45, 7) is 3.59. The van der Waals surface area contributed by atoms with Gasteiger partial charge < -0.3 is 4.74 Å². The largest absolute Gasteiger partial charge is 0.447 e. The number of hydrogen-bond acceptors (Lipinski definition) is 3. The predicted molar refractivity (Wildman–Crippen MR) is 48.4 cm³/mol. The van der Waals surface area contributed by atoms with Crippen molar-refractivity contribution in [3.8, 4) is 0 Å². The minimum atomic E-state index is -0.456. The van der Waals surface area contributed by atoms with Gasteiger partial charge in [-0.2, -0.15) is 5.10 Å². The first kappa shape index (κ1) is 9.57. The number of nitrogens with zero attached hydrogens (tertiary/aromatic N) is 2. The highest BCUT2D eigenvalue weighted by molar-refractivity contribution is 5.84. The Balaban J connectivity index is 2.45. The number of amides is 1. The minimum Gasteiger partial charge on any atom is -0.447 e. The molecule has 5 nitrogen and oxygen atoms in total. The van der Waals surface area contributed by atoms with Crippen molar-refractivity contribution in [2.75, 3.05) is 5.32 Å². The third kappa shape index (κ3) is 3.14. The van der Waals surface area contributed by atoms with E-state index in [0.29, 0.717) is 5.69 Å². The lowest BCUT2D eigenvalue weighted by molar-refractivity contribution is 0.130. The second-order valence-corrected chi connectivity index (χ2v) is 2.98. The Bertz CT molecular complexity index is 293. The summed E-state index contributed by atoms with van der Waals surface area (Å²) in [5.41, 5.74) is 0.633. The molecular weight excluding hydrogens is 170 g/mol. The van der Waals surface area contributed by atoms with Gasteiger partial charge in [-0.15, -0.1) is 0 Å². The molecule has 0 spiro atoms. The number of anilines is 1. The summed E-state index contributed by atoms with van der Waals surface area (Å²) in [6, 6.07) is 0. The maximum atomic E-state index is 11.1. The standard InChI is InChI=1S/C8H13N3O2/c1-6(2)13-8(12)10-7-4-9-11(3)5-7/h4-6H,1-3H3,(H,10,12). The fourth-order valence-electron chi connectivity index (χ4n) is 0.847. The van der Waals surface area contributed by atoms with Gasteiger partial charge in [-0.05, 0) is 13.8 Å². The molecule has 0 aliphatic rings. The lowest BCUT2D eigenvalue weighted by Crippen LogP contribution is -2.17. The number of aryl methyl sites for hydroxylation is 1. The van der Waals surface area contributed by atoms with Crippen molar-refractivity contribution in [2.45, 2.75) is 20.0 Å². The van der Waals surface area contributed by atoms with E-state index in [1.807, 2.05) is 0 Å². The summed E-state index contributed by atoms with van der Waals surface area (Å²) in [5.74, 6) is 0. The van der Waals surface area contributed by atoms with Crippen LogP contribution < -0.4 is 5.32 Å². The number of hydrogen-bond donors (Lipinski definition) is 1. The van der Waals surface area contributed by atoms with Gasteiger partial charge in [-0.3, -0.25) is 10.00 Å². The highest BCUT2D eigenvalue weighted by Crippen LogP contribution is 2.04. The zero-order chi connectivity index (χ0) is 9.84. The van der Waals surface area contributed by atoms with Gasteiger partial charge in [0.05, 0.1) is 18.0 Å². The van der Waals surface area contributed by atoms with Crippen LogP contribution in [0.2, 0.25) is 0 Å². The van der Waals surface area contributed by atoms with Crippen LogP contribution in [-0.4, -0.2) is 22.0 Å². The second kappa shape index (κ2) is 3.93. The SMILES string of the molecule is CC(C)OC(=O)Nc1cnn(C)c1. The van der Waals surface area contributed by atoms with Gasteiger partial charge in [-0.25, -0.2) is 4.79 Å². The highest BCUT2D eigenvalue weighted by Gasteiger charge is 2.05. The average molecular weight is 183 g/mol. The van der Waals surface area contributed by atoms with Crippen molar-refractivity contribution in [2.24, 2.45) is 7.05 Å². The van der Waals surface area contributed by atoms with Crippen LogP contribution in [-0.2, 0) is 11.8 Å². The molecule has 1 aromatic rings. The third-order valence-electron chi connectivity index (χ3n) is 1.29.